The molecule has 8 heteroatoms. The van der Waals surface area contributed by atoms with Crippen LogP contribution in [-0.2, 0) is 11.3 Å². The topological polar surface area (TPSA) is 105 Å². The Bertz CT molecular complexity index is 764. The van der Waals surface area contributed by atoms with E-state index in [1.54, 1.807) is 6.07 Å². The highest BCUT2D eigenvalue weighted by atomic mass is 35.5. The average molecular weight is 337 g/mol. The lowest BCUT2D eigenvalue weighted by molar-refractivity contribution is -0.384. The van der Waals surface area contributed by atoms with Crippen LogP contribution < -0.4 is 10.5 Å². The van der Waals surface area contributed by atoms with E-state index >= 15 is 0 Å². The van der Waals surface area contributed by atoms with Crippen molar-refractivity contribution in [2.75, 3.05) is 12.8 Å². The van der Waals surface area contributed by atoms with E-state index in [0.29, 0.717) is 5.56 Å². The number of methoxy groups -OCH3 is 1. The Morgan fingerprint density at radius 3 is 2.74 bits per heavy atom. The van der Waals surface area contributed by atoms with Gasteiger partial charge in [0.15, 0.2) is 0 Å². The highest BCUT2D eigenvalue weighted by molar-refractivity contribution is 6.33. The number of carbonyl (C=O) groups excluding carboxylic acids is 1. The third-order valence-corrected chi connectivity index (χ3v) is 3.36. The molecule has 0 saturated heterocycles. The standard InChI is InChI=1S/C15H13ClN2O5/c1-22-14-7-13(17)12(16)6-11(14)15(19)23-8-9-3-2-4-10(5-9)18(20)21/h2-7H,8,17H2,1H3. The molecule has 0 bridgehead atoms. The Kier molecular flexibility index (Phi) is 5.02. The zero-order valence-corrected chi connectivity index (χ0v) is 12.9. The number of nitrogens with zero attached hydrogens (tertiary/aromatic N) is 1. The van der Waals surface area contributed by atoms with Gasteiger partial charge in [-0.15, -0.1) is 0 Å². The van der Waals surface area contributed by atoms with Gasteiger partial charge >= 0.3 is 5.97 Å². The van der Waals surface area contributed by atoms with E-state index in [-0.39, 0.29) is 34.3 Å². The quantitative estimate of drug-likeness (QED) is 0.389. The summed E-state index contributed by atoms with van der Waals surface area (Å²) in [4.78, 5) is 22.3. The largest absolute Gasteiger partial charge is 0.496 e. The molecule has 2 N–H and O–H groups in total. The third-order valence-electron chi connectivity index (χ3n) is 3.03. The van der Waals surface area contributed by atoms with E-state index in [1.165, 1.54) is 37.4 Å². The average Bonchev–Trinajstić information content (AvgIpc) is 2.54. The number of hydrogen-bond donors (Lipinski definition) is 1. The molecule has 120 valence electrons. The number of hydrogen-bond acceptors (Lipinski definition) is 6. The molecule has 0 aliphatic heterocycles. The van der Waals surface area contributed by atoms with Crippen LogP contribution in [0.4, 0.5) is 11.4 Å². The van der Waals surface area contributed by atoms with E-state index in [2.05, 4.69) is 0 Å². The molecular weight excluding hydrogens is 324 g/mol. The molecule has 0 amide bonds. The highest BCUT2D eigenvalue weighted by Crippen LogP contribution is 2.29. The van der Waals surface area contributed by atoms with Crippen molar-refractivity contribution in [3.05, 3.63) is 62.7 Å². The van der Waals surface area contributed by atoms with E-state index < -0.39 is 10.9 Å². The number of halogens is 1. The summed E-state index contributed by atoms with van der Waals surface area (Å²) in [5, 5.41) is 10.9. The number of non-ortho nitro benzene ring substituents is 1. The maximum absolute atomic E-state index is 12.1. The molecule has 0 aliphatic rings. The summed E-state index contributed by atoms with van der Waals surface area (Å²) >= 11 is 5.90. The van der Waals surface area contributed by atoms with Crippen LogP contribution in [0.25, 0.3) is 0 Å². The highest BCUT2D eigenvalue weighted by Gasteiger charge is 2.17. The Morgan fingerprint density at radius 1 is 1.35 bits per heavy atom. The number of benzene rings is 2. The van der Waals surface area contributed by atoms with Crippen molar-refractivity contribution in [2.45, 2.75) is 6.61 Å². The van der Waals surface area contributed by atoms with Crippen LogP contribution in [-0.4, -0.2) is 18.0 Å². The summed E-state index contributed by atoms with van der Waals surface area (Å²) in [7, 11) is 1.39. The van der Waals surface area contributed by atoms with Gasteiger partial charge in [0, 0.05) is 18.2 Å². The predicted octanol–water partition coefficient (Wildman–Crippen LogP) is 3.20. The lowest BCUT2D eigenvalue weighted by Crippen LogP contribution is -2.08. The van der Waals surface area contributed by atoms with Crippen molar-refractivity contribution in [3.8, 4) is 5.75 Å². The molecule has 0 spiro atoms. The lowest BCUT2D eigenvalue weighted by atomic mass is 10.1. The van der Waals surface area contributed by atoms with Crippen LogP contribution in [0.5, 0.6) is 5.75 Å². The van der Waals surface area contributed by atoms with E-state index in [0.717, 1.165) is 0 Å². The maximum Gasteiger partial charge on any atom is 0.342 e. The Balaban J connectivity index is 2.15. The fourth-order valence-corrected chi connectivity index (χ4v) is 2.05. The third kappa shape index (κ3) is 3.89. The van der Waals surface area contributed by atoms with Crippen LogP contribution in [0, 0.1) is 10.1 Å². The van der Waals surface area contributed by atoms with Gasteiger partial charge in [-0.05, 0) is 11.6 Å². The minimum Gasteiger partial charge on any atom is -0.496 e. The number of nitro benzene ring substituents is 1. The zero-order valence-electron chi connectivity index (χ0n) is 12.1. The Morgan fingerprint density at radius 2 is 2.09 bits per heavy atom. The minimum atomic E-state index is -0.671. The first kappa shape index (κ1) is 16.6. The number of anilines is 1. The first-order valence-electron chi connectivity index (χ1n) is 6.46. The molecule has 0 aromatic heterocycles. The van der Waals surface area contributed by atoms with Crippen LogP contribution in [0.2, 0.25) is 5.02 Å². The smallest absolute Gasteiger partial charge is 0.342 e. The van der Waals surface area contributed by atoms with Crippen LogP contribution >= 0.6 is 11.6 Å². The van der Waals surface area contributed by atoms with Crippen LogP contribution in [0.15, 0.2) is 36.4 Å². The molecule has 2 rings (SSSR count). The summed E-state index contributed by atoms with van der Waals surface area (Å²) in [5.74, 6) is -0.439. The summed E-state index contributed by atoms with van der Waals surface area (Å²) in [5.41, 5.74) is 6.46. The maximum atomic E-state index is 12.1. The zero-order chi connectivity index (χ0) is 17.0. The van der Waals surface area contributed by atoms with Crippen molar-refractivity contribution >= 4 is 28.9 Å². The van der Waals surface area contributed by atoms with Gasteiger partial charge in [-0.1, -0.05) is 23.7 Å². The monoisotopic (exact) mass is 336 g/mol. The number of nitrogens with two attached hydrogens (primary N) is 1. The Hall–Kier alpha value is -2.80. The summed E-state index contributed by atoms with van der Waals surface area (Å²) < 4.78 is 10.2. The summed E-state index contributed by atoms with van der Waals surface area (Å²) in [6.45, 7) is -0.119. The molecule has 23 heavy (non-hydrogen) atoms. The van der Waals surface area contributed by atoms with Gasteiger partial charge in [0.2, 0.25) is 0 Å². The molecule has 2 aromatic rings. The fourth-order valence-electron chi connectivity index (χ4n) is 1.88. The molecule has 2 aromatic carbocycles. The molecular formula is C15H13ClN2O5. The number of nitrogen functional groups attached to an aromatic ring is 1. The number of carbonyl (C=O) groups is 1. The van der Waals surface area contributed by atoms with Gasteiger partial charge in [-0.2, -0.15) is 0 Å². The number of ether oxygens (including phenoxy) is 2. The summed E-state index contributed by atoms with van der Waals surface area (Å²) in [6, 6.07) is 8.60. The van der Waals surface area contributed by atoms with Crippen LogP contribution in [0.1, 0.15) is 15.9 Å². The molecule has 0 aliphatic carbocycles. The predicted molar refractivity (Wildman–Crippen MR) is 84.6 cm³/mol. The first-order valence-corrected chi connectivity index (χ1v) is 6.83. The van der Waals surface area contributed by atoms with Crippen molar-refractivity contribution in [3.63, 3.8) is 0 Å². The number of esters is 1. The number of nitro groups is 1. The van der Waals surface area contributed by atoms with E-state index in [1.807, 2.05) is 0 Å². The number of rotatable bonds is 5. The fraction of sp³-hybridized carbons (Fsp3) is 0.133. The summed E-state index contributed by atoms with van der Waals surface area (Å²) in [6.07, 6.45) is 0. The Labute approximate surface area is 136 Å². The van der Waals surface area contributed by atoms with Gasteiger partial charge in [-0.25, -0.2) is 4.79 Å². The first-order chi connectivity index (χ1) is 10.9. The van der Waals surface area contributed by atoms with Gasteiger partial charge in [0.1, 0.15) is 17.9 Å². The second-order valence-corrected chi connectivity index (χ2v) is 4.98. The molecule has 7 nitrogen and oxygen atoms in total. The minimum absolute atomic E-state index is 0.0772. The second kappa shape index (κ2) is 6.97. The van der Waals surface area contributed by atoms with Crippen LogP contribution in [0.3, 0.4) is 0 Å². The lowest BCUT2D eigenvalue weighted by Gasteiger charge is -2.10. The van der Waals surface area contributed by atoms with Gasteiger partial charge in [0.05, 0.1) is 22.7 Å². The van der Waals surface area contributed by atoms with E-state index in [4.69, 9.17) is 26.8 Å². The van der Waals surface area contributed by atoms with Gasteiger partial charge in [0.25, 0.3) is 5.69 Å². The van der Waals surface area contributed by atoms with E-state index in [9.17, 15) is 14.9 Å². The van der Waals surface area contributed by atoms with Crippen molar-refractivity contribution < 1.29 is 19.2 Å². The van der Waals surface area contributed by atoms with Gasteiger partial charge in [-0.3, -0.25) is 10.1 Å². The molecule has 0 atom stereocenters. The van der Waals surface area contributed by atoms with Crippen molar-refractivity contribution in [2.24, 2.45) is 0 Å². The molecule has 0 unspecified atom stereocenters. The second-order valence-electron chi connectivity index (χ2n) is 4.58. The molecule has 0 heterocycles. The molecule has 0 saturated carbocycles. The van der Waals surface area contributed by atoms with Gasteiger partial charge < -0.3 is 15.2 Å². The SMILES string of the molecule is COc1cc(N)c(Cl)cc1C(=O)OCc1cccc([N+](=O)[O-])c1. The normalized spacial score (nSPS) is 10.2. The van der Waals surface area contributed by atoms with Crippen molar-refractivity contribution in [1.29, 1.82) is 0 Å². The molecule has 0 radical (unpaired) electrons. The molecule has 0 fully saturated rings. The van der Waals surface area contributed by atoms with Crippen molar-refractivity contribution in [1.82, 2.24) is 0 Å².